The van der Waals surface area contributed by atoms with Gasteiger partial charge in [0.2, 0.25) is 0 Å². The molecule has 0 heterocycles. The Hall–Kier alpha value is -2.82. The van der Waals surface area contributed by atoms with Crippen molar-refractivity contribution in [1.82, 2.24) is 10.6 Å². The number of hydrogen-bond donors (Lipinski definition) is 2. The molecule has 0 unspecified atom stereocenters. The minimum Gasteiger partial charge on any atom is -0.484 e. The summed E-state index contributed by atoms with van der Waals surface area (Å²) in [6.45, 7) is 6.88. The van der Waals surface area contributed by atoms with Gasteiger partial charge in [0.25, 0.3) is 11.8 Å². The Balaban J connectivity index is 1.65. The van der Waals surface area contributed by atoms with Gasteiger partial charge in [0, 0.05) is 18.7 Å². The highest BCUT2D eigenvalue weighted by molar-refractivity contribution is 5.94. The second-order valence-electron chi connectivity index (χ2n) is 6.48. The molecular weight excluding hydrogens is 328 g/mol. The second-order valence-corrected chi connectivity index (χ2v) is 6.48. The van der Waals surface area contributed by atoms with Crippen molar-refractivity contribution in [2.24, 2.45) is 0 Å². The molecule has 2 N–H and O–H groups in total. The Kier molecular flexibility index (Phi) is 7.21. The zero-order chi connectivity index (χ0) is 18.9. The Morgan fingerprint density at radius 1 is 0.923 bits per heavy atom. The predicted molar refractivity (Wildman–Crippen MR) is 103 cm³/mol. The van der Waals surface area contributed by atoms with Gasteiger partial charge in [-0.05, 0) is 42.7 Å². The maximum absolute atomic E-state index is 12.1. The number of benzene rings is 2. The lowest BCUT2D eigenvalue weighted by atomic mass is 10.0. The van der Waals surface area contributed by atoms with Crippen LogP contribution in [-0.2, 0) is 4.79 Å². The molecule has 0 atom stereocenters. The van der Waals surface area contributed by atoms with Crippen LogP contribution < -0.4 is 15.4 Å². The van der Waals surface area contributed by atoms with Gasteiger partial charge in [0.15, 0.2) is 6.61 Å². The van der Waals surface area contributed by atoms with Gasteiger partial charge in [-0.1, -0.05) is 43.7 Å². The van der Waals surface area contributed by atoms with E-state index in [1.54, 1.807) is 0 Å². The molecule has 2 aromatic rings. The van der Waals surface area contributed by atoms with Gasteiger partial charge in [0.05, 0.1) is 0 Å². The van der Waals surface area contributed by atoms with Gasteiger partial charge >= 0.3 is 0 Å². The molecule has 0 aliphatic carbocycles. The van der Waals surface area contributed by atoms with Crippen LogP contribution in [0.2, 0.25) is 0 Å². The summed E-state index contributed by atoms with van der Waals surface area (Å²) in [5, 5.41) is 5.51. The summed E-state index contributed by atoms with van der Waals surface area (Å²) in [5.41, 5.74) is 2.95. The molecule has 138 valence electrons. The zero-order valence-corrected chi connectivity index (χ0v) is 15.5. The van der Waals surface area contributed by atoms with E-state index in [-0.39, 0.29) is 18.4 Å². The van der Waals surface area contributed by atoms with Crippen molar-refractivity contribution in [1.29, 1.82) is 0 Å². The first-order valence-electron chi connectivity index (χ1n) is 8.80. The molecule has 0 bridgehead atoms. The molecule has 2 amide bonds. The summed E-state index contributed by atoms with van der Waals surface area (Å²) in [6, 6.07) is 15.1. The van der Waals surface area contributed by atoms with Crippen molar-refractivity contribution in [3.8, 4) is 5.75 Å². The van der Waals surface area contributed by atoms with Gasteiger partial charge in [-0.25, -0.2) is 0 Å². The first kappa shape index (κ1) is 19.5. The topological polar surface area (TPSA) is 67.4 Å². The largest absolute Gasteiger partial charge is 0.484 e. The third-order valence-corrected chi connectivity index (χ3v) is 3.96. The molecule has 26 heavy (non-hydrogen) atoms. The second kappa shape index (κ2) is 9.61. The summed E-state index contributed by atoms with van der Waals surface area (Å²) in [7, 11) is 0. The maximum Gasteiger partial charge on any atom is 0.258 e. The fourth-order valence-electron chi connectivity index (χ4n) is 2.33. The number of hydrogen-bond acceptors (Lipinski definition) is 3. The first-order valence-corrected chi connectivity index (χ1v) is 8.80. The fraction of sp³-hybridized carbons (Fsp3) is 0.333. The number of nitrogens with one attached hydrogen (secondary N) is 2. The Morgan fingerprint density at radius 3 is 2.15 bits per heavy atom. The van der Waals surface area contributed by atoms with Crippen molar-refractivity contribution < 1.29 is 14.3 Å². The zero-order valence-electron chi connectivity index (χ0n) is 15.5. The van der Waals surface area contributed by atoms with Crippen LogP contribution in [0, 0.1) is 6.92 Å². The van der Waals surface area contributed by atoms with Crippen LogP contribution in [0.5, 0.6) is 5.75 Å². The molecule has 0 saturated heterocycles. The van der Waals surface area contributed by atoms with Gasteiger partial charge in [-0.3, -0.25) is 9.59 Å². The van der Waals surface area contributed by atoms with Crippen LogP contribution >= 0.6 is 0 Å². The van der Waals surface area contributed by atoms with Gasteiger partial charge in [-0.15, -0.1) is 0 Å². The van der Waals surface area contributed by atoms with E-state index in [9.17, 15) is 9.59 Å². The normalized spacial score (nSPS) is 10.5. The fourth-order valence-corrected chi connectivity index (χ4v) is 2.33. The molecule has 0 spiro atoms. The quantitative estimate of drug-likeness (QED) is 0.716. The standard InChI is InChI=1S/C21H26N2O3/c1-15(2)17-6-8-18(9-7-17)21(25)23-13-12-22-20(24)14-26-19-10-4-16(3)5-11-19/h4-11,15H,12-14H2,1-3H3,(H,22,24)(H,23,25). The van der Waals surface area contributed by atoms with Gasteiger partial charge < -0.3 is 15.4 Å². The molecule has 0 saturated carbocycles. The molecule has 0 aliphatic rings. The summed E-state index contributed by atoms with van der Waals surface area (Å²) >= 11 is 0. The van der Waals surface area contributed by atoms with Gasteiger partial charge in [-0.2, -0.15) is 0 Å². The molecule has 0 radical (unpaired) electrons. The smallest absolute Gasteiger partial charge is 0.258 e. The van der Waals surface area contributed by atoms with Crippen LogP contribution in [-0.4, -0.2) is 31.5 Å². The number of carbonyl (C=O) groups excluding carboxylic acids is 2. The third-order valence-electron chi connectivity index (χ3n) is 3.96. The van der Waals surface area contributed by atoms with E-state index in [1.807, 2.05) is 55.5 Å². The first-order chi connectivity index (χ1) is 12.5. The van der Waals surface area contributed by atoms with E-state index < -0.39 is 0 Å². The van der Waals surface area contributed by atoms with Crippen LogP contribution in [0.1, 0.15) is 41.3 Å². The summed E-state index contributed by atoms with van der Waals surface area (Å²) in [5.74, 6) is 0.722. The average Bonchev–Trinajstić information content (AvgIpc) is 2.64. The predicted octanol–water partition coefficient (Wildman–Crippen LogP) is 3.04. The van der Waals surface area contributed by atoms with E-state index in [1.165, 1.54) is 5.56 Å². The van der Waals surface area contributed by atoms with Crippen molar-refractivity contribution in [2.45, 2.75) is 26.7 Å². The molecule has 0 fully saturated rings. The Labute approximate surface area is 154 Å². The molecule has 5 nitrogen and oxygen atoms in total. The van der Waals surface area contributed by atoms with Crippen LogP contribution in [0.25, 0.3) is 0 Å². The van der Waals surface area contributed by atoms with E-state index >= 15 is 0 Å². The SMILES string of the molecule is Cc1ccc(OCC(=O)NCCNC(=O)c2ccc(C(C)C)cc2)cc1. The number of amides is 2. The van der Waals surface area contributed by atoms with Crippen molar-refractivity contribution >= 4 is 11.8 Å². The van der Waals surface area contributed by atoms with E-state index in [2.05, 4.69) is 24.5 Å². The minimum absolute atomic E-state index is 0.0479. The van der Waals surface area contributed by atoms with Crippen molar-refractivity contribution in [3.05, 3.63) is 65.2 Å². The van der Waals surface area contributed by atoms with E-state index in [0.717, 1.165) is 5.56 Å². The highest BCUT2D eigenvalue weighted by Crippen LogP contribution is 2.14. The summed E-state index contributed by atoms with van der Waals surface area (Å²) < 4.78 is 5.40. The van der Waals surface area contributed by atoms with Crippen LogP contribution in [0.15, 0.2) is 48.5 Å². The highest BCUT2D eigenvalue weighted by atomic mass is 16.5. The Bertz CT molecular complexity index is 722. The number of aryl methyl sites for hydroxylation is 1. The lowest BCUT2D eigenvalue weighted by Gasteiger charge is -2.09. The van der Waals surface area contributed by atoms with Gasteiger partial charge in [0.1, 0.15) is 5.75 Å². The molecular formula is C21H26N2O3. The maximum atomic E-state index is 12.1. The monoisotopic (exact) mass is 354 g/mol. The summed E-state index contributed by atoms with van der Waals surface area (Å²) in [6.07, 6.45) is 0. The summed E-state index contributed by atoms with van der Waals surface area (Å²) in [4.78, 5) is 23.8. The average molecular weight is 354 g/mol. The van der Waals surface area contributed by atoms with Crippen LogP contribution in [0.3, 0.4) is 0 Å². The van der Waals surface area contributed by atoms with E-state index in [0.29, 0.717) is 30.3 Å². The molecule has 2 aromatic carbocycles. The molecule has 0 aliphatic heterocycles. The Morgan fingerprint density at radius 2 is 1.54 bits per heavy atom. The van der Waals surface area contributed by atoms with E-state index in [4.69, 9.17) is 4.74 Å². The number of ether oxygens (including phenoxy) is 1. The lowest BCUT2D eigenvalue weighted by molar-refractivity contribution is -0.123. The lowest BCUT2D eigenvalue weighted by Crippen LogP contribution is -2.36. The van der Waals surface area contributed by atoms with Crippen LogP contribution in [0.4, 0.5) is 0 Å². The molecule has 0 aromatic heterocycles. The number of rotatable bonds is 8. The van der Waals surface area contributed by atoms with Crippen molar-refractivity contribution in [2.75, 3.05) is 19.7 Å². The minimum atomic E-state index is -0.221. The highest BCUT2D eigenvalue weighted by Gasteiger charge is 2.07. The van der Waals surface area contributed by atoms with Crippen molar-refractivity contribution in [3.63, 3.8) is 0 Å². The number of carbonyl (C=O) groups is 2. The molecule has 2 rings (SSSR count). The molecule has 5 heteroatoms. The third kappa shape index (κ3) is 6.24.